The molecule has 1 aliphatic heterocycles. The second-order valence-corrected chi connectivity index (χ2v) is 5.20. The van der Waals surface area contributed by atoms with Gasteiger partial charge < -0.3 is 10.2 Å². The van der Waals surface area contributed by atoms with Crippen molar-refractivity contribution >= 4 is 5.69 Å². The van der Waals surface area contributed by atoms with Crippen molar-refractivity contribution < 1.29 is 0 Å². The normalized spacial score (nSPS) is 17.7. The lowest BCUT2D eigenvalue weighted by molar-refractivity contribution is 0.371. The van der Waals surface area contributed by atoms with Crippen LogP contribution in [0.2, 0.25) is 0 Å². The highest BCUT2D eigenvalue weighted by atomic mass is 15.1. The monoisotopic (exact) mass is 233 g/mol. The largest absolute Gasteiger partial charge is 0.371 e. The van der Waals surface area contributed by atoms with E-state index in [1.165, 1.54) is 38.2 Å². The third-order valence-corrected chi connectivity index (χ3v) is 3.46. The number of nitrogens with zero attached hydrogens (tertiary/aromatic N) is 2. The predicted octanol–water partition coefficient (Wildman–Crippen LogP) is 2.30. The zero-order valence-corrected chi connectivity index (χ0v) is 10.9. The molecule has 3 nitrogen and oxygen atoms in total. The van der Waals surface area contributed by atoms with Gasteiger partial charge in [-0.2, -0.15) is 0 Å². The van der Waals surface area contributed by atoms with E-state index in [1.807, 2.05) is 12.4 Å². The van der Waals surface area contributed by atoms with Crippen LogP contribution in [-0.2, 0) is 0 Å². The lowest BCUT2D eigenvalue weighted by atomic mass is 9.96. The lowest BCUT2D eigenvalue weighted by Crippen LogP contribution is -2.38. The van der Waals surface area contributed by atoms with Gasteiger partial charge in [-0.15, -0.1) is 0 Å². The summed E-state index contributed by atoms with van der Waals surface area (Å²) in [6, 6.07) is 4.81. The summed E-state index contributed by atoms with van der Waals surface area (Å²) in [4.78, 5) is 6.53. The molecule has 2 rings (SSSR count). The smallest absolute Gasteiger partial charge is 0.0397 e. The van der Waals surface area contributed by atoms with Crippen LogP contribution in [0.5, 0.6) is 0 Å². The van der Waals surface area contributed by atoms with E-state index in [1.54, 1.807) is 0 Å². The van der Waals surface area contributed by atoms with Gasteiger partial charge in [-0.1, -0.05) is 13.8 Å². The van der Waals surface area contributed by atoms with Crippen molar-refractivity contribution in [2.45, 2.75) is 32.7 Å². The van der Waals surface area contributed by atoms with E-state index < -0.39 is 0 Å². The fourth-order valence-electron chi connectivity index (χ4n) is 2.35. The molecule has 0 aromatic carbocycles. The van der Waals surface area contributed by atoms with E-state index in [-0.39, 0.29) is 0 Å². The topological polar surface area (TPSA) is 28.2 Å². The summed E-state index contributed by atoms with van der Waals surface area (Å²) in [7, 11) is 0. The van der Waals surface area contributed by atoms with Crippen molar-refractivity contribution in [3.05, 3.63) is 24.5 Å². The molecule has 94 valence electrons. The van der Waals surface area contributed by atoms with Crippen molar-refractivity contribution in [2.75, 3.05) is 24.5 Å². The zero-order chi connectivity index (χ0) is 12.1. The van der Waals surface area contributed by atoms with Gasteiger partial charge in [0.2, 0.25) is 0 Å². The Hall–Kier alpha value is -1.09. The number of aromatic nitrogens is 1. The molecule has 1 aliphatic rings. The molecule has 0 aliphatic carbocycles. The minimum Gasteiger partial charge on any atom is -0.371 e. The molecule has 0 radical (unpaired) electrons. The lowest BCUT2D eigenvalue weighted by Gasteiger charge is -2.34. The fraction of sp³-hybridized carbons (Fsp3) is 0.643. The van der Waals surface area contributed by atoms with E-state index in [0.29, 0.717) is 6.04 Å². The van der Waals surface area contributed by atoms with E-state index in [2.05, 4.69) is 41.2 Å². The fourth-order valence-corrected chi connectivity index (χ4v) is 2.35. The summed E-state index contributed by atoms with van der Waals surface area (Å²) in [5.74, 6) is 0.843. The number of anilines is 1. The summed E-state index contributed by atoms with van der Waals surface area (Å²) in [5, 5.41) is 3.54. The Labute approximate surface area is 104 Å². The van der Waals surface area contributed by atoms with Crippen LogP contribution in [0.25, 0.3) is 0 Å². The summed E-state index contributed by atoms with van der Waals surface area (Å²) in [5.41, 5.74) is 1.32. The molecule has 3 heteroatoms. The van der Waals surface area contributed by atoms with Gasteiger partial charge in [0.25, 0.3) is 0 Å². The molecule has 17 heavy (non-hydrogen) atoms. The van der Waals surface area contributed by atoms with Gasteiger partial charge in [-0.05, 0) is 37.4 Å². The summed E-state index contributed by atoms with van der Waals surface area (Å²) in [6.45, 7) is 7.95. The quantitative estimate of drug-likeness (QED) is 0.865. The van der Waals surface area contributed by atoms with Crippen LogP contribution in [0, 0.1) is 5.92 Å². The van der Waals surface area contributed by atoms with E-state index in [0.717, 1.165) is 5.92 Å². The number of pyridine rings is 1. The van der Waals surface area contributed by atoms with Crippen LogP contribution < -0.4 is 10.2 Å². The Balaban J connectivity index is 1.78. The molecule has 1 N–H and O–H groups in total. The average Bonchev–Trinajstić information content (AvgIpc) is 2.38. The van der Waals surface area contributed by atoms with Crippen molar-refractivity contribution in [3.8, 4) is 0 Å². The van der Waals surface area contributed by atoms with Gasteiger partial charge in [0.15, 0.2) is 0 Å². The van der Waals surface area contributed by atoms with Gasteiger partial charge in [0.05, 0.1) is 0 Å². The maximum absolute atomic E-state index is 4.07. The third kappa shape index (κ3) is 3.70. The number of piperidine rings is 1. The summed E-state index contributed by atoms with van der Waals surface area (Å²) >= 11 is 0. The Bertz CT molecular complexity index is 315. The van der Waals surface area contributed by atoms with Crippen LogP contribution in [0.4, 0.5) is 5.69 Å². The van der Waals surface area contributed by atoms with Crippen LogP contribution in [-0.4, -0.2) is 30.7 Å². The number of hydrogen-bond donors (Lipinski definition) is 1. The molecular formula is C14H23N3. The molecule has 0 bridgehead atoms. The molecule has 0 atom stereocenters. The van der Waals surface area contributed by atoms with Gasteiger partial charge >= 0.3 is 0 Å². The van der Waals surface area contributed by atoms with Gasteiger partial charge in [-0.3, -0.25) is 4.98 Å². The Morgan fingerprint density at radius 1 is 1.29 bits per heavy atom. The number of rotatable bonds is 4. The Morgan fingerprint density at radius 2 is 1.94 bits per heavy atom. The van der Waals surface area contributed by atoms with E-state index in [4.69, 9.17) is 0 Å². The highest BCUT2D eigenvalue weighted by Crippen LogP contribution is 2.22. The zero-order valence-electron chi connectivity index (χ0n) is 10.9. The Kier molecular flexibility index (Phi) is 4.37. The first-order chi connectivity index (χ1) is 8.25. The second kappa shape index (κ2) is 6.01. The van der Waals surface area contributed by atoms with Crippen LogP contribution in [0.15, 0.2) is 24.5 Å². The minimum atomic E-state index is 0.605. The standard InChI is InChI=1S/C14H23N3/c1-12(2)16-11-13-5-9-17(10-6-13)14-3-7-15-8-4-14/h3-4,7-8,12-13,16H,5-6,9-11H2,1-2H3. The first kappa shape index (κ1) is 12.4. The molecule has 0 amide bonds. The maximum Gasteiger partial charge on any atom is 0.0397 e. The molecule has 0 saturated carbocycles. The first-order valence-electron chi connectivity index (χ1n) is 6.64. The summed E-state index contributed by atoms with van der Waals surface area (Å²) < 4.78 is 0. The number of nitrogens with one attached hydrogen (secondary N) is 1. The highest BCUT2D eigenvalue weighted by molar-refractivity contribution is 5.44. The molecule has 0 unspecified atom stereocenters. The molecule has 2 heterocycles. The molecule has 1 aromatic heterocycles. The SMILES string of the molecule is CC(C)NCC1CCN(c2ccncc2)CC1. The molecular weight excluding hydrogens is 210 g/mol. The van der Waals surface area contributed by atoms with Crippen LogP contribution >= 0.6 is 0 Å². The molecule has 1 fully saturated rings. The van der Waals surface area contributed by atoms with Crippen molar-refractivity contribution in [1.82, 2.24) is 10.3 Å². The third-order valence-electron chi connectivity index (χ3n) is 3.46. The Morgan fingerprint density at radius 3 is 2.53 bits per heavy atom. The van der Waals surface area contributed by atoms with E-state index in [9.17, 15) is 0 Å². The molecule has 0 spiro atoms. The van der Waals surface area contributed by atoms with Crippen molar-refractivity contribution in [2.24, 2.45) is 5.92 Å². The predicted molar refractivity (Wildman–Crippen MR) is 72.3 cm³/mol. The average molecular weight is 233 g/mol. The van der Waals surface area contributed by atoms with Gasteiger partial charge in [-0.25, -0.2) is 0 Å². The van der Waals surface area contributed by atoms with Gasteiger partial charge in [0.1, 0.15) is 0 Å². The minimum absolute atomic E-state index is 0.605. The maximum atomic E-state index is 4.07. The van der Waals surface area contributed by atoms with Crippen LogP contribution in [0.1, 0.15) is 26.7 Å². The second-order valence-electron chi connectivity index (χ2n) is 5.20. The number of hydrogen-bond acceptors (Lipinski definition) is 3. The van der Waals surface area contributed by atoms with Gasteiger partial charge in [0, 0.05) is 37.2 Å². The van der Waals surface area contributed by atoms with Crippen molar-refractivity contribution in [3.63, 3.8) is 0 Å². The molecule has 1 aromatic rings. The van der Waals surface area contributed by atoms with Crippen molar-refractivity contribution in [1.29, 1.82) is 0 Å². The summed E-state index contributed by atoms with van der Waals surface area (Å²) in [6.07, 6.45) is 6.34. The molecule has 1 saturated heterocycles. The van der Waals surface area contributed by atoms with Crippen LogP contribution in [0.3, 0.4) is 0 Å². The highest BCUT2D eigenvalue weighted by Gasteiger charge is 2.19. The first-order valence-corrected chi connectivity index (χ1v) is 6.64. The van der Waals surface area contributed by atoms with E-state index >= 15 is 0 Å².